The summed E-state index contributed by atoms with van der Waals surface area (Å²) in [6.07, 6.45) is 4.95. The van der Waals surface area contributed by atoms with Gasteiger partial charge in [0.2, 0.25) is 0 Å². The minimum Gasteiger partial charge on any atom is -0.179 e. The molecule has 0 aliphatic carbocycles. The largest absolute Gasteiger partial charge is 0.179 e. The summed E-state index contributed by atoms with van der Waals surface area (Å²) in [5, 5.41) is 0.868. The first kappa shape index (κ1) is 12.0. The molecule has 0 aromatic rings. The van der Waals surface area contributed by atoms with Crippen molar-refractivity contribution in [3.05, 3.63) is 0 Å². The Balaban J connectivity index is 3.10. The van der Waals surface area contributed by atoms with Crippen molar-refractivity contribution >= 4 is 37.9 Å². The highest BCUT2D eigenvalue weighted by molar-refractivity contribution is 7.85. The minimum atomic E-state index is 0.411. The molecule has 11 heavy (non-hydrogen) atoms. The summed E-state index contributed by atoms with van der Waals surface area (Å²) < 4.78 is 0. The molecule has 2 atom stereocenters. The molecule has 0 spiro atoms. The van der Waals surface area contributed by atoms with E-state index in [1.807, 2.05) is 0 Å². The van der Waals surface area contributed by atoms with Crippen LogP contribution in [0.15, 0.2) is 0 Å². The van der Waals surface area contributed by atoms with Gasteiger partial charge in [-0.05, 0) is 18.6 Å². The molecule has 0 heterocycles. The summed E-state index contributed by atoms with van der Waals surface area (Å²) in [5.74, 6) is 1.01. The lowest BCUT2D eigenvalue weighted by Crippen LogP contribution is -2.10. The first-order valence-corrected chi connectivity index (χ1v) is 5.82. The van der Waals surface area contributed by atoms with Gasteiger partial charge in [0.25, 0.3) is 0 Å². The number of unbranched alkanes of at least 4 members (excludes halogenated alkanes) is 2. The number of hydrogen-bond acceptors (Lipinski definition) is 3. The van der Waals surface area contributed by atoms with E-state index in [2.05, 4.69) is 44.8 Å². The van der Waals surface area contributed by atoms with Crippen LogP contribution in [0.2, 0.25) is 0 Å². The molecule has 68 valence electrons. The smallest absolute Gasteiger partial charge is 0.0131 e. The molecule has 0 radical (unpaired) electrons. The molecular formula is C8H18S3. The highest BCUT2D eigenvalue weighted by Gasteiger charge is 2.07. The summed E-state index contributed by atoms with van der Waals surface area (Å²) >= 11 is 12.9. The Labute approximate surface area is 86.8 Å². The zero-order valence-corrected chi connectivity index (χ0v) is 9.72. The number of hydrogen-bond donors (Lipinski definition) is 3. The standard InChI is InChI=1S/C8H18S3/c1-7(10)8(11)5-3-2-4-6-9/h7-11H,2-6H2,1H3. The van der Waals surface area contributed by atoms with E-state index in [1.54, 1.807) is 0 Å². The van der Waals surface area contributed by atoms with Crippen LogP contribution in [-0.2, 0) is 0 Å². The average molecular weight is 210 g/mol. The predicted octanol–water partition coefficient (Wildman–Crippen LogP) is 3.09. The van der Waals surface area contributed by atoms with Gasteiger partial charge >= 0.3 is 0 Å². The molecule has 0 bridgehead atoms. The van der Waals surface area contributed by atoms with E-state index in [1.165, 1.54) is 25.7 Å². The third kappa shape index (κ3) is 7.41. The molecule has 0 fully saturated rings. The molecule has 0 amide bonds. The summed E-state index contributed by atoms with van der Waals surface area (Å²) in [6, 6.07) is 0. The van der Waals surface area contributed by atoms with Gasteiger partial charge in [0.15, 0.2) is 0 Å². The van der Waals surface area contributed by atoms with Crippen LogP contribution in [0, 0.1) is 0 Å². The fourth-order valence-corrected chi connectivity index (χ4v) is 1.44. The van der Waals surface area contributed by atoms with E-state index < -0.39 is 0 Å². The topological polar surface area (TPSA) is 0 Å². The van der Waals surface area contributed by atoms with Crippen molar-refractivity contribution in [1.82, 2.24) is 0 Å². The van der Waals surface area contributed by atoms with Crippen molar-refractivity contribution in [2.75, 3.05) is 5.75 Å². The first-order chi connectivity index (χ1) is 5.18. The van der Waals surface area contributed by atoms with E-state index in [4.69, 9.17) is 0 Å². The molecule has 2 unspecified atom stereocenters. The van der Waals surface area contributed by atoms with Crippen LogP contribution < -0.4 is 0 Å². The lowest BCUT2D eigenvalue weighted by Gasteiger charge is -2.12. The fourth-order valence-electron chi connectivity index (χ4n) is 0.883. The maximum absolute atomic E-state index is 4.43. The second-order valence-corrected chi connectivity index (χ2v) is 4.81. The van der Waals surface area contributed by atoms with E-state index >= 15 is 0 Å². The maximum Gasteiger partial charge on any atom is 0.0131 e. The molecule has 0 saturated carbocycles. The molecule has 0 aliphatic rings. The number of thiol groups is 3. The second-order valence-electron chi connectivity index (χ2n) is 2.88. The van der Waals surface area contributed by atoms with Crippen LogP contribution in [0.5, 0.6) is 0 Å². The van der Waals surface area contributed by atoms with Gasteiger partial charge in [-0.25, -0.2) is 0 Å². The Kier molecular flexibility index (Phi) is 8.42. The zero-order chi connectivity index (χ0) is 8.69. The van der Waals surface area contributed by atoms with Crippen LogP contribution in [0.3, 0.4) is 0 Å². The van der Waals surface area contributed by atoms with Crippen molar-refractivity contribution in [2.45, 2.75) is 43.1 Å². The summed E-state index contributed by atoms with van der Waals surface area (Å²) in [4.78, 5) is 0. The second kappa shape index (κ2) is 7.69. The molecule has 0 rings (SSSR count). The lowest BCUT2D eigenvalue weighted by molar-refractivity contribution is 0.647. The third-order valence-corrected chi connectivity index (χ3v) is 3.33. The van der Waals surface area contributed by atoms with Crippen LogP contribution in [0.1, 0.15) is 32.6 Å². The highest BCUT2D eigenvalue weighted by Crippen LogP contribution is 2.15. The monoisotopic (exact) mass is 210 g/mol. The quantitative estimate of drug-likeness (QED) is 0.435. The van der Waals surface area contributed by atoms with Gasteiger partial charge in [0, 0.05) is 10.5 Å². The van der Waals surface area contributed by atoms with Gasteiger partial charge in [-0.15, -0.1) is 0 Å². The summed E-state index contributed by atoms with van der Waals surface area (Å²) in [5.41, 5.74) is 0. The van der Waals surface area contributed by atoms with Gasteiger partial charge < -0.3 is 0 Å². The summed E-state index contributed by atoms with van der Waals surface area (Å²) in [7, 11) is 0. The van der Waals surface area contributed by atoms with E-state index in [0.29, 0.717) is 10.5 Å². The molecule has 0 aromatic heterocycles. The van der Waals surface area contributed by atoms with Gasteiger partial charge in [0.1, 0.15) is 0 Å². The Hall–Kier alpha value is 1.05. The first-order valence-electron chi connectivity index (χ1n) is 4.15. The fraction of sp³-hybridized carbons (Fsp3) is 1.00. The Bertz CT molecular complexity index is 83.4. The molecule has 0 nitrogen and oxygen atoms in total. The molecule has 0 N–H and O–H groups in total. The predicted molar refractivity (Wildman–Crippen MR) is 63.5 cm³/mol. The van der Waals surface area contributed by atoms with Gasteiger partial charge in [-0.2, -0.15) is 37.9 Å². The summed E-state index contributed by atoms with van der Waals surface area (Å²) in [6.45, 7) is 2.10. The van der Waals surface area contributed by atoms with Crippen LogP contribution in [0.25, 0.3) is 0 Å². The third-order valence-electron chi connectivity index (χ3n) is 1.71. The van der Waals surface area contributed by atoms with Gasteiger partial charge in [-0.3, -0.25) is 0 Å². The molecule has 3 heteroatoms. The zero-order valence-electron chi connectivity index (χ0n) is 7.03. The van der Waals surface area contributed by atoms with E-state index in [0.717, 1.165) is 5.75 Å². The van der Waals surface area contributed by atoms with Gasteiger partial charge in [0.05, 0.1) is 0 Å². The highest BCUT2D eigenvalue weighted by atomic mass is 32.1. The van der Waals surface area contributed by atoms with Crippen molar-refractivity contribution in [3.63, 3.8) is 0 Å². The van der Waals surface area contributed by atoms with E-state index in [-0.39, 0.29) is 0 Å². The van der Waals surface area contributed by atoms with Gasteiger partial charge in [-0.1, -0.05) is 19.8 Å². The average Bonchev–Trinajstić information content (AvgIpc) is 1.97. The van der Waals surface area contributed by atoms with Crippen LogP contribution >= 0.6 is 37.9 Å². The van der Waals surface area contributed by atoms with Crippen LogP contribution in [-0.4, -0.2) is 16.3 Å². The molecule has 0 aromatic carbocycles. The molecule has 0 saturated heterocycles. The minimum absolute atomic E-state index is 0.411. The Morgan fingerprint density at radius 1 is 1.09 bits per heavy atom. The van der Waals surface area contributed by atoms with Crippen molar-refractivity contribution < 1.29 is 0 Å². The van der Waals surface area contributed by atoms with Crippen molar-refractivity contribution in [2.24, 2.45) is 0 Å². The maximum atomic E-state index is 4.43. The normalized spacial score (nSPS) is 16.4. The van der Waals surface area contributed by atoms with Crippen molar-refractivity contribution in [1.29, 1.82) is 0 Å². The SMILES string of the molecule is CC(S)C(S)CCCCCS. The Morgan fingerprint density at radius 3 is 2.18 bits per heavy atom. The van der Waals surface area contributed by atoms with Crippen molar-refractivity contribution in [3.8, 4) is 0 Å². The lowest BCUT2D eigenvalue weighted by atomic mass is 10.1. The van der Waals surface area contributed by atoms with Crippen LogP contribution in [0.4, 0.5) is 0 Å². The van der Waals surface area contributed by atoms with E-state index in [9.17, 15) is 0 Å². The Morgan fingerprint density at radius 2 is 1.73 bits per heavy atom. The number of rotatable bonds is 6. The molecule has 0 aliphatic heterocycles. The molecular weight excluding hydrogens is 192 g/mol.